The van der Waals surface area contributed by atoms with Gasteiger partial charge in [0.05, 0.1) is 11.6 Å². The maximum atomic E-state index is 12.0. The van der Waals surface area contributed by atoms with Crippen molar-refractivity contribution in [3.8, 4) is 0 Å². The highest BCUT2D eigenvalue weighted by Crippen LogP contribution is 2.06. The van der Waals surface area contributed by atoms with E-state index < -0.39 is 0 Å². The number of benzene rings is 1. The second-order valence-corrected chi connectivity index (χ2v) is 3.97. The maximum Gasteiger partial charge on any atom is 0.274 e. The molecule has 0 atom stereocenters. The van der Waals surface area contributed by atoms with Crippen molar-refractivity contribution >= 4 is 10.8 Å². The normalized spacial score (nSPS) is 10.8. The van der Waals surface area contributed by atoms with E-state index >= 15 is 0 Å². The van der Waals surface area contributed by atoms with E-state index in [1.54, 1.807) is 10.9 Å². The molecule has 0 saturated heterocycles. The summed E-state index contributed by atoms with van der Waals surface area (Å²) in [4.78, 5) is 12.0. The third-order valence-corrected chi connectivity index (χ3v) is 2.74. The van der Waals surface area contributed by atoms with Crippen molar-refractivity contribution in [2.45, 2.75) is 32.7 Å². The van der Waals surface area contributed by atoms with Crippen LogP contribution in [0.2, 0.25) is 0 Å². The van der Waals surface area contributed by atoms with Gasteiger partial charge in [0.1, 0.15) is 0 Å². The molecule has 0 unspecified atom stereocenters. The predicted molar refractivity (Wildman–Crippen MR) is 65.5 cm³/mol. The lowest BCUT2D eigenvalue weighted by Crippen LogP contribution is -2.22. The lowest BCUT2D eigenvalue weighted by Gasteiger charge is -2.04. The second kappa shape index (κ2) is 4.92. The summed E-state index contributed by atoms with van der Waals surface area (Å²) in [5.74, 6) is 0. The summed E-state index contributed by atoms with van der Waals surface area (Å²) >= 11 is 0. The largest absolute Gasteiger partial charge is 0.274 e. The monoisotopic (exact) mass is 216 g/mol. The van der Waals surface area contributed by atoms with Crippen LogP contribution in [-0.4, -0.2) is 9.78 Å². The van der Waals surface area contributed by atoms with Gasteiger partial charge >= 0.3 is 0 Å². The van der Waals surface area contributed by atoms with Gasteiger partial charge in [-0.1, -0.05) is 38.0 Å². The van der Waals surface area contributed by atoms with Crippen molar-refractivity contribution in [1.82, 2.24) is 9.78 Å². The summed E-state index contributed by atoms with van der Waals surface area (Å²) < 4.78 is 1.57. The van der Waals surface area contributed by atoms with E-state index in [-0.39, 0.29) is 5.56 Å². The van der Waals surface area contributed by atoms with Crippen LogP contribution in [0.25, 0.3) is 10.8 Å². The van der Waals surface area contributed by atoms with E-state index in [1.807, 2.05) is 24.3 Å². The van der Waals surface area contributed by atoms with Gasteiger partial charge in [-0.15, -0.1) is 0 Å². The molecule has 0 aliphatic carbocycles. The summed E-state index contributed by atoms with van der Waals surface area (Å²) in [6, 6.07) is 7.58. The van der Waals surface area contributed by atoms with Crippen molar-refractivity contribution in [1.29, 1.82) is 0 Å². The van der Waals surface area contributed by atoms with Crippen molar-refractivity contribution in [3.05, 3.63) is 40.8 Å². The molecule has 1 aromatic heterocycles. The molecule has 0 spiro atoms. The minimum atomic E-state index is 0.0224. The molecule has 3 heteroatoms. The topological polar surface area (TPSA) is 34.9 Å². The Morgan fingerprint density at radius 2 is 2.06 bits per heavy atom. The number of nitrogens with zero attached hydrogens (tertiary/aromatic N) is 2. The highest BCUT2D eigenvalue weighted by molar-refractivity contribution is 5.80. The smallest absolute Gasteiger partial charge is 0.267 e. The van der Waals surface area contributed by atoms with Gasteiger partial charge in [-0.2, -0.15) is 5.10 Å². The molecule has 2 aromatic rings. The van der Waals surface area contributed by atoms with Gasteiger partial charge < -0.3 is 0 Å². The number of unbranched alkanes of at least 4 members (excludes halogenated alkanes) is 2. The first-order valence-electron chi connectivity index (χ1n) is 5.78. The van der Waals surface area contributed by atoms with Crippen molar-refractivity contribution in [2.24, 2.45) is 0 Å². The average molecular weight is 216 g/mol. The van der Waals surface area contributed by atoms with Gasteiger partial charge in [0.25, 0.3) is 5.56 Å². The second-order valence-electron chi connectivity index (χ2n) is 3.97. The van der Waals surface area contributed by atoms with E-state index in [2.05, 4.69) is 12.0 Å². The number of fused-ring (bicyclic) bond motifs is 1. The molecule has 0 aliphatic heterocycles. The summed E-state index contributed by atoms with van der Waals surface area (Å²) in [5.41, 5.74) is 0.0224. The first-order chi connectivity index (χ1) is 7.83. The molecule has 2 rings (SSSR count). The van der Waals surface area contributed by atoms with Crippen LogP contribution in [0.5, 0.6) is 0 Å². The molecule has 0 radical (unpaired) electrons. The molecule has 1 aromatic carbocycles. The quantitative estimate of drug-likeness (QED) is 0.736. The minimum absolute atomic E-state index is 0.0224. The summed E-state index contributed by atoms with van der Waals surface area (Å²) in [6.45, 7) is 2.87. The molecule has 1 heterocycles. The highest BCUT2D eigenvalue weighted by atomic mass is 16.1. The molecule has 0 amide bonds. The van der Waals surface area contributed by atoms with Gasteiger partial charge in [0, 0.05) is 11.9 Å². The first kappa shape index (κ1) is 10.9. The van der Waals surface area contributed by atoms with Crippen LogP contribution in [0.3, 0.4) is 0 Å². The van der Waals surface area contributed by atoms with Crippen LogP contribution in [0.15, 0.2) is 35.3 Å². The van der Waals surface area contributed by atoms with Crippen molar-refractivity contribution < 1.29 is 0 Å². The number of aromatic nitrogens is 2. The SMILES string of the molecule is CCCCCn1ncc2ccccc2c1=O. The van der Waals surface area contributed by atoms with E-state index in [9.17, 15) is 4.79 Å². The third-order valence-electron chi connectivity index (χ3n) is 2.74. The summed E-state index contributed by atoms with van der Waals surface area (Å²) in [7, 11) is 0. The molecule has 16 heavy (non-hydrogen) atoms. The maximum absolute atomic E-state index is 12.0. The number of aryl methyl sites for hydroxylation is 1. The molecule has 84 valence electrons. The van der Waals surface area contributed by atoms with E-state index in [0.29, 0.717) is 0 Å². The number of hydrogen-bond donors (Lipinski definition) is 0. The molecular weight excluding hydrogens is 200 g/mol. The van der Waals surface area contributed by atoms with Crippen LogP contribution in [0.1, 0.15) is 26.2 Å². The van der Waals surface area contributed by atoms with Crippen LogP contribution in [0, 0.1) is 0 Å². The van der Waals surface area contributed by atoms with E-state index in [0.717, 1.165) is 36.6 Å². The van der Waals surface area contributed by atoms with Gasteiger partial charge in [-0.05, 0) is 12.5 Å². The molecule has 0 N–H and O–H groups in total. The summed E-state index contributed by atoms with van der Waals surface area (Å²) in [5, 5.41) is 5.86. The molecule has 0 fully saturated rings. The third kappa shape index (κ3) is 2.13. The van der Waals surface area contributed by atoms with Crippen LogP contribution >= 0.6 is 0 Å². The zero-order valence-electron chi connectivity index (χ0n) is 9.52. The predicted octanol–water partition coefficient (Wildman–Crippen LogP) is 2.59. The molecule has 0 bridgehead atoms. The Kier molecular flexibility index (Phi) is 3.34. The zero-order valence-corrected chi connectivity index (χ0v) is 9.52. The van der Waals surface area contributed by atoms with Crippen LogP contribution in [0.4, 0.5) is 0 Å². The zero-order chi connectivity index (χ0) is 11.4. The van der Waals surface area contributed by atoms with Crippen molar-refractivity contribution in [3.63, 3.8) is 0 Å². The molecular formula is C13H16N2O. The fourth-order valence-corrected chi connectivity index (χ4v) is 1.80. The Labute approximate surface area is 94.7 Å². The van der Waals surface area contributed by atoms with Gasteiger partial charge in [-0.25, -0.2) is 4.68 Å². The van der Waals surface area contributed by atoms with Gasteiger partial charge in [-0.3, -0.25) is 4.79 Å². The Morgan fingerprint density at radius 3 is 2.88 bits per heavy atom. The standard InChI is InChI=1S/C13H16N2O/c1-2-3-6-9-15-13(16)12-8-5-4-7-11(12)10-14-15/h4-5,7-8,10H,2-3,6,9H2,1H3. The Bertz CT molecular complexity index is 531. The van der Waals surface area contributed by atoms with Crippen molar-refractivity contribution in [2.75, 3.05) is 0 Å². The average Bonchev–Trinajstić information content (AvgIpc) is 2.33. The minimum Gasteiger partial charge on any atom is -0.267 e. The Morgan fingerprint density at radius 1 is 1.25 bits per heavy atom. The highest BCUT2D eigenvalue weighted by Gasteiger charge is 2.02. The Balaban J connectivity index is 2.33. The fourth-order valence-electron chi connectivity index (χ4n) is 1.80. The molecule has 0 saturated carbocycles. The van der Waals surface area contributed by atoms with Gasteiger partial charge in [0.2, 0.25) is 0 Å². The first-order valence-corrected chi connectivity index (χ1v) is 5.78. The number of hydrogen-bond acceptors (Lipinski definition) is 2. The van der Waals surface area contributed by atoms with E-state index in [1.165, 1.54) is 0 Å². The fraction of sp³-hybridized carbons (Fsp3) is 0.385. The van der Waals surface area contributed by atoms with Crippen LogP contribution in [-0.2, 0) is 6.54 Å². The van der Waals surface area contributed by atoms with E-state index in [4.69, 9.17) is 0 Å². The lowest BCUT2D eigenvalue weighted by atomic mass is 10.2. The van der Waals surface area contributed by atoms with Crippen LogP contribution < -0.4 is 5.56 Å². The lowest BCUT2D eigenvalue weighted by molar-refractivity contribution is 0.532. The van der Waals surface area contributed by atoms with Gasteiger partial charge in [0.15, 0.2) is 0 Å². The number of rotatable bonds is 4. The summed E-state index contributed by atoms with van der Waals surface area (Å²) in [6.07, 6.45) is 5.08. The molecule has 0 aliphatic rings. The molecule has 3 nitrogen and oxygen atoms in total. The Hall–Kier alpha value is -1.64.